The third-order valence-corrected chi connectivity index (χ3v) is 6.11. The van der Waals surface area contributed by atoms with Crippen LogP contribution in [0, 0.1) is 10.7 Å². The van der Waals surface area contributed by atoms with E-state index in [-0.39, 0.29) is 0 Å². The Morgan fingerprint density at radius 2 is 1.63 bits per heavy atom. The first kappa shape index (κ1) is 18.1. The molecule has 140 valence electrons. The predicted molar refractivity (Wildman–Crippen MR) is 111 cm³/mol. The van der Waals surface area contributed by atoms with Crippen molar-refractivity contribution in [3.63, 3.8) is 0 Å². The third kappa shape index (κ3) is 4.20. The number of benzene rings is 2. The van der Waals surface area contributed by atoms with E-state index in [9.17, 15) is 0 Å². The molecule has 1 aromatic heterocycles. The minimum Gasteiger partial charge on any atom is -0.316 e. The van der Waals surface area contributed by atoms with Crippen LogP contribution < -0.4 is 4.90 Å². The minimum absolute atomic E-state index is 0.799. The maximum absolute atomic E-state index is 5.64. The second-order valence-electron chi connectivity index (χ2n) is 7.57. The molecule has 1 aliphatic heterocycles. The van der Waals surface area contributed by atoms with E-state index in [0.717, 1.165) is 28.7 Å². The minimum atomic E-state index is 0.799. The van der Waals surface area contributed by atoms with Crippen molar-refractivity contribution in [1.82, 2.24) is 14.3 Å². The Balaban J connectivity index is 1.39. The molecule has 0 bridgehead atoms. The average Bonchev–Trinajstić information content (AvgIpc) is 2.99. The molecule has 27 heavy (non-hydrogen) atoms. The Morgan fingerprint density at radius 1 is 1.00 bits per heavy atom. The Hall–Kier alpha value is -2.24. The number of nitrogens with zero attached hydrogens (tertiary/aromatic N) is 3. The van der Waals surface area contributed by atoms with Gasteiger partial charge < -0.3 is 9.47 Å². The van der Waals surface area contributed by atoms with Crippen molar-refractivity contribution in [3.05, 3.63) is 71.0 Å². The lowest BCUT2D eigenvalue weighted by Crippen LogP contribution is -3.12. The van der Waals surface area contributed by atoms with E-state index in [1.165, 1.54) is 37.9 Å². The highest BCUT2D eigenvalue weighted by atomic mass is 32.1. The number of hydrogen-bond donors (Lipinski definition) is 1. The summed E-state index contributed by atoms with van der Waals surface area (Å²) in [5.41, 5.74) is 2.58. The van der Waals surface area contributed by atoms with Gasteiger partial charge in [-0.1, -0.05) is 60.7 Å². The number of quaternary nitrogens is 1. The molecule has 1 fully saturated rings. The van der Waals surface area contributed by atoms with Crippen LogP contribution in [0.5, 0.6) is 0 Å². The molecule has 0 unspecified atom stereocenters. The summed E-state index contributed by atoms with van der Waals surface area (Å²) in [6.07, 6.45) is 3.75. The number of piperidine rings is 1. The predicted octanol–water partition coefficient (Wildman–Crippen LogP) is 3.11. The van der Waals surface area contributed by atoms with Gasteiger partial charge in [0.2, 0.25) is 4.77 Å². The maximum atomic E-state index is 5.64. The van der Waals surface area contributed by atoms with Crippen LogP contribution in [-0.4, -0.2) is 27.4 Å². The smallest absolute Gasteiger partial charge is 0.202 e. The van der Waals surface area contributed by atoms with Gasteiger partial charge in [0.05, 0.1) is 13.1 Å². The fourth-order valence-corrected chi connectivity index (χ4v) is 4.23. The summed E-state index contributed by atoms with van der Waals surface area (Å²) < 4.78 is 4.82. The Bertz CT molecular complexity index is 922. The summed E-state index contributed by atoms with van der Waals surface area (Å²) in [6, 6.07) is 21.2. The van der Waals surface area contributed by atoms with Gasteiger partial charge in [0.1, 0.15) is 0 Å². The van der Waals surface area contributed by atoms with Crippen LogP contribution in [0.4, 0.5) is 0 Å². The summed E-state index contributed by atoms with van der Waals surface area (Å²) in [6.45, 7) is 3.24. The molecule has 0 atom stereocenters. The standard InChI is InChI=1S/C22H26N4S/c1-24-21(20-10-6-3-7-11-20)23-26(22(24)27)17-25-14-12-19(13-15-25)16-18-8-4-2-5-9-18/h2-11,19H,12-17H2,1H3/p+1. The van der Waals surface area contributed by atoms with E-state index in [1.54, 1.807) is 4.90 Å². The quantitative estimate of drug-likeness (QED) is 0.690. The molecule has 2 aromatic carbocycles. The van der Waals surface area contributed by atoms with E-state index in [1.807, 2.05) is 34.5 Å². The topological polar surface area (TPSA) is 27.2 Å². The summed E-state index contributed by atoms with van der Waals surface area (Å²) >= 11 is 5.64. The molecule has 1 saturated heterocycles. The highest BCUT2D eigenvalue weighted by Gasteiger charge is 2.23. The van der Waals surface area contributed by atoms with Crippen molar-refractivity contribution in [2.24, 2.45) is 13.0 Å². The van der Waals surface area contributed by atoms with Crippen LogP contribution in [0.2, 0.25) is 0 Å². The van der Waals surface area contributed by atoms with Crippen LogP contribution in [0.1, 0.15) is 18.4 Å². The molecule has 3 aromatic rings. The fourth-order valence-electron chi connectivity index (χ4n) is 4.04. The molecule has 0 radical (unpaired) electrons. The van der Waals surface area contributed by atoms with Crippen LogP contribution in [0.3, 0.4) is 0 Å². The van der Waals surface area contributed by atoms with E-state index in [2.05, 4.69) is 42.5 Å². The zero-order valence-electron chi connectivity index (χ0n) is 15.8. The molecule has 5 heteroatoms. The molecule has 0 amide bonds. The number of rotatable bonds is 5. The second-order valence-corrected chi connectivity index (χ2v) is 7.94. The molecule has 4 nitrogen and oxygen atoms in total. The second kappa shape index (κ2) is 8.19. The number of nitrogens with one attached hydrogen (secondary N) is 1. The summed E-state index contributed by atoms with van der Waals surface area (Å²) in [5.74, 6) is 1.74. The zero-order chi connectivity index (χ0) is 18.6. The van der Waals surface area contributed by atoms with Crippen LogP contribution in [-0.2, 0) is 20.1 Å². The normalized spacial score (nSPS) is 19.9. The zero-order valence-corrected chi connectivity index (χ0v) is 16.7. The molecular formula is C22H27N4S+. The Labute approximate surface area is 166 Å². The molecule has 1 aliphatic rings. The summed E-state index contributed by atoms with van der Waals surface area (Å²) in [5, 5.41) is 4.82. The van der Waals surface area contributed by atoms with E-state index >= 15 is 0 Å². The van der Waals surface area contributed by atoms with Crippen LogP contribution in [0.25, 0.3) is 11.4 Å². The van der Waals surface area contributed by atoms with Gasteiger partial charge in [-0.05, 0) is 43.0 Å². The van der Waals surface area contributed by atoms with Crippen LogP contribution >= 0.6 is 12.2 Å². The molecule has 0 saturated carbocycles. The van der Waals surface area contributed by atoms with Gasteiger partial charge in [-0.15, -0.1) is 5.10 Å². The highest BCUT2D eigenvalue weighted by Crippen LogP contribution is 2.18. The molecule has 0 spiro atoms. The third-order valence-electron chi connectivity index (χ3n) is 5.63. The van der Waals surface area contributed by atoms with Gasteiger partial charge in [-0.3, -0.25) is 0 Å². The number of likely N-dealkylation sites (tertiary alicyclic amines) is 1. The molecular weight excluding hydrogens is 352 g/mol. The van der Waals surface area contributed by atoms with Gasteiger partial charge in [0.15, 0.2) is 12.5 Å². The van der Waals surface area contributed by atoms with Gasteiger partial charge in [-0.2, -0.15) is 4.68 Å². The first-order valence-electron chi connectivity index (χ1n) is 9.77. The first-order valence-corrected chi connectivity index (χ1v) is 10.2. The number of aromatic nitrogens is 3. The van der Waals surface area contributed by atoms with Crippen molar-refractivity contribution >= 4 is 12.2 Å². The first-order chi connectivity index (χ1) is 13.2. The van der Waals surface area contributed by atoms with Gasteiger partial charge in [0, 0.05) is 12.6 Å². The Kier molecular flexibility index (Phi) is 5.50. The van der Waals surface area contributed by atoms with E-state index < -0.39 is 0 Å². The van der Waals surface area contributed by atoms with E-state index in [0.29, 0.717) is 0 Å². The lowest BCUT2D eigenvalue weighted by molar-refractivity contribution is -0.929. The van der Waals surface area contributed by atoms with Gasteiger partial charge >= 0.3 is 0 Å². The molecule has 4 rings (SSSR count). The van der Waals surface area contributed by atoms with Crippen LogP contribution in [0.15, 0.2) is 60.7 Å². The number of hydrogen-bond acceptors (Lipinski definition) is 2. The Morgan fingerprint density at radius 3 is 2.30 bits per heavy atom. The average molecular weight is 380 g/mol. The molecule has 1 N–H and O–H groups in total. The van der Waals surface area contributed by atoms with Gasteiger partial charge in [0.25, 0.3) is 0 Å². The van der Waals surface area contributed by atoms with Crippen molar-refractivity contribution in [2.45, 2.75) is 25.9 Å². The lowest BCUT2D eigenvalue weighted by Gasteiger charge is -2.29. The monoisotopic (exact) mass is 379 g/mol. The fraction of sp³-hybridized carbons (Fsp3) is 0.364. The van der Waals surface area contributed by atoms with Crippen molar-refractivity contribution in [1.29, 1.82) is 0 Å². The largest absolute Gasteiger partial charge is 0.316 e. The van der Waals surface area contributed by atoms with Crippen molar-refractivity contribution in [2.75, 3.05) is 13.1 Å². The van der Waals surface area contributed by atoms with E-state index in [4.69, 9.17) is 17.3 Å². The van der Waals surface area contributed by atoms with Crippen molar-refractivity contribution in [3.8, 4) is 11.4 Å². The summed E-state index contributed by atoms with van der Waals surface area (Å²) in [4.78, 5) is 1.58. The SMILES string of the molecule is Cn1c(-c2ccccc2)nn(C[NH+]2CCC(Cc3ccccc3)CC2)c1=S. The lowest BCUT2D eigenvalue weighted by atomic mass is 9.90. The molecule has 0 aliphatic carbocycles. The van der Waals surface area contributed by atoms with Gasteiger partial charge in [-0.25, -0.2) is 0 Å². The highest BCUT2D eigenvalue weighted by molar-refractivity contribution is 7.71. The maximum Gasteiger partial charge on any atom is 0.202 e. The van der Waals surface area contributed by atoms with Crippen molar-refractivity contribution < 1.29 is 4.90 Å². The molecule has 2 heterocycles. The summed E-state index contributed by atoms with van der Waals surface area (Å²) in [7, 11) is 2.01.